The van der Waals surface area contributed by atoms with Crippen LogP contribution in [0.4, 0.5) is 5.69 Å². The number of nitrogens with two attached hydrogens (primary N) is 1. The van der Waals surface area contributed by atoms with Gasteiger partial charge in [-0.05, 0) is 31.4 Å². The Bertz CT molecular complexity index is 554. The molecule has 0 fully saturated rings. The lowest BCUT2D eigenvalue weighted by Crippen LogP contribution is -1.98. The molecule has 0 amide bonds. The Morgan fingerprint density at radius 2 is 2.00 bits per heavy atom. The molecule has 2 N–H and O–H groups in total. The number of benzene rings is 1. The lowest BCUT2D eigenvalue weighted by atomic mass is 10.2. The van der Waals surface area contributed by atoms with Crippen molar-refractivity contribution in [2.75, 3.05) is 5.73 Å². The minimum absolute atomic E-state index is 0.623. The van der Waals surface area contributed by atoms with Gasteiger partial charge < -0.3 is 10.5 Å². The molecule has 0 aliphatic heterocycles. The summed E-state index contributed by atoms with van der Waals surface area (Å²) in [6.45, 7) is 0. The lowest BCUT2D eigenvalue weighted by molar-refractivity contribution is 0.457. The predicted octanol–water partition coefficient (Wildman–Crippen LogP) is 2.34. The van der Waals surface area contributed by atoms with Crippen molar-refractivity contribution in [3.05, 3.63) is 41.9 Å². The van der Waals surface area contributed by atoms with Crippen molar-refractivity contribution in [2.24, 2.45) is 0 Å². The fourth-order valence-corrected chi connectivity index (χ4v) is 2.10. The Morgan fingerprint density at radius 3 is 2.88 bits per heavy atom. The van der Waals surface area contributed by atoms with Crippen molar-refractivity contribution in [2.45, 2.75) is 19.3 Å². The van der Waals surface area contributed by atoms with Crippen LogP contribution in [0.2, 0.25) is 0 Å². The van der Waals surface area contributed by atoms with Gasteiger partial charge in [0, 0.05) is 5.56 Å². The van der Waals surface area contributed by atoms with Gasteiger partial charge in [-0.15, -0.1) is 0 Å². The lowest BCUT2D eigenvalue weighted by Gasteiger charge is -2.09. The Labute approximate surface area is 99.5 Å². The normalized spacial score (nSPS) is 13.4. The molecule has 17 heavy (non-hydrogen) atoms. The number of nitrogen functional groups attached to an aromatic ring is 1. The third kappa shape index (κ3) is 1.82. The summed E-state index contributed by atoms with van der Waals surface area (Å²) in [4.78, 5) is 8.46. The fraction of sp³-hybridized carbons (Fsp3) is 0.231. The molecule has 3 rings (SSSR count). The van der Waals surface area contributed by atoms with Gasteiger partial charge in [0.1, 0.15) is 6.33 Å². The van der Waals surface area contributed by atoms with E-state index in [2.05, 4.69) is 9.97 Å². The maximum Gasteiger partial charge on any atom is 0.225 e. The first kappa shape index (κ1) is 10.1. The molecule has 2 aromatic rings. The van der Waals surface area contributed by atoms with Crippen molar-refractivity contribution in [3.8, 4) is 11.6 Å². The van der Waals surface area contributed by atoms with Gasteiger partial charge in [-0.3, -0.25) is 0 Å². The summed E-state index contributed by atoms with van der Waals surface area (Å²) in [5.41, 5.74) is 8.69. The molecule has 0 radical (unpaired) electrons. The molecule has 0 unspecified atom stereocenters. The number of aryl methyl sites for hydroxylation is 1. The molecular weight excluding hydrogens is 214 g/mol. The number of nitrogens with zero attached hydrogens (tertiary/aromatic N) is 2. The molecule has 1 heterocycles. The number of anilines is 1. The fourth-order valence-electron chi connectivity index (χ4n) is 2.10. The Hall–Kier alpha value is -2.10. The molecule has 1 aliphatic rings. The average Bonchev–Trinajstić information content (AvgIpc) is 2.81. The second kappa shape index (κ2) is 4.05. The van der Waals surface area contributed by atoms with Gasteiger partial charge in [0.2, 0.25) is 5.88 Å². The molecule has 1 aromatic carbocycles. The Morgan fingerprint density at radius 1 is 1.12 bits per heavy atom. The molecule has 0 bridgehead atoms. The van der Waals surface area contributed by atoms with Gasteiger partial charge in [0.15, 0.2) is 5.75 Å². The molecule has 1 aromatic heterocycles. The minimum Gasteiger partial charge on any atom is -0.436 e. The molecule has 4 nitrogen and oxygen atoms in total. The predicted molar refractivity (Wildman–Crippen MR) is 65.0 cm³/mol. The van der Waals surface area contributed by atoms with Crippen molar-refractivity contribution in [3.63, 3.8) is 0 Å². The van der Waals surface area contributed by atoms with E-state index in [0.29, 0.717) is 17.3 Å². The molecule has 0 saturated carbocycles. The van der Waals surface area contributed by atoms with E-state index in [-0.39, 0.29) is 0 Å². The Kier molecular flexibility index (Phi) is 2.40. The third-order valence-electron chi connectivity index (χ3n) is 2.96. The molecule has 4 heteroatoms. The average molecular weight is 227 g/mol. The molecule has 0 saturated heterocycles. The van der Waals surface area contributed by atoms with Crippen molar-refractivity contribution >= 4 is 5.69 Å². The first-order chi connectivity index (χ1) is 8.34. The summed E-state index contributed by atoms with van der Waals surface area (Å²) in [5, 5.41) is 0. The van der Waals surface area contributed by atoms with Crippen LogP contribution in [0.15, 0.2) is 30.6 Å². The summed E-state index contributed by atoms with van der Waals surface area (Å²) in [6, 6.07) is 7.44. The first-order valence-electron chi connectivity index (χ1n) is 5.69. The quantitative estimate of drug-likeness (QED) is 0.800. The van der Waals surface area contributed by atoms with Crippen LogP contribution in [0.1, 0.15) is 17.7 Å². The molecule has 0 spiro atoms. The van der Waals surface area contributed by atoms with Crippen molar-refractivity contribution < 1.29 is 4.74 Å². The largest absolute Gasteiger partial charge is 0.436 e. The summed E-state index contributed by atoms with van der Waals surface area (Å²) in [6.07, 6.45) is 4.67. The summed E-state index contributed by atoms with van der Waals surface area (Å²) in [5.74, 6) is 1.30. The standard InChI is InChI=1S/C13H13N3O/c14-10-5-1-2-7-12(10)17-13-9-4-3-6-11(9)15-8-16-13/h1-2,5,7-8H,3-4,6,14H2. The van der Waals surface area contributed by atoms with E-state index in [9.17, 15) is 0 Å². The summed E-state index contributed by atoms with van der Waals surface area (Å²) < 4.78 is 5.78. The zero-order valence-corrected chi connectivity index (χ0v) is 9.39. The third-order valence-corrected chi connectivity index (χ3v) is 2.96. The molecule has 0 atom stereocenters. The van der Waals surface area contributed by atoms with Crippen LogP contribution in [-0.2, 0) is 12.8 Å². The number of para-hydroxylation sites is 2. The molecule has 86 valence electrons. The van der Waals surface area contributed by atoms with Crippen LogP contribution in [0.3, 0.4) is 0 Å². The van der Waals surface area contributed by atoms with Gasteiger partial charge in [-0.2, -0.15) is 0 Å². The zero-order chi connectivity index (χ0) is 11.7. The van der Waals surface area contributed by atoms with E-state index in [1.54, 1.807) is 6.33 Å². The van der Waals surface area contributed by atoms with Crippen LogP contribution >= 0.6 is 0 Å². The number of hydrogen-bond donors (Lipinski definition) is 1. The highest BCUT2D eigenvalue weighted by Crippen LogP contribution is 2.32. The highest BCUT2D eigenvalue weighted by atomic mass is 16.5. The van der Waals surface area contributed by atoms with E-state index < -0.39 is 0 Å². The maximum atomic E-state index is 5.85. The molecular formula is C13H13N3O. The SMILES string of the molecule is Nc1ccccc1Oc1ncnc2c1CCC2. The van der Waals surface area contributed by atoms with E-state index >= 15 is 0 Å². The maximum absolute atomic E-state index is 5.85. The second-order valence-corrected chi connectivity index (χ2v) is 4.10. The minimum atomic E-state index is 0.623. The number of rotatable bonds is 2. The van der Waals surface area contributed by atoms with Gasteiger partial charge >= 0.3 is 0 Å². The first-order valence-corrected chi connectivity index (χ1v) is 5.69. The number of hydrogen-bond acceptors (Lipinski definition) is 4. The smallest absolute Gasteiger partial charge is 0.225 e. The van der Waals surface area contributed by atoms with E-state index in [4.69, 9.17) is 10.5 Å². The van der Waals surface area contributed by atoms with Crippen molar-refractivity contribution in [1.29, 1.82) is 0 Å². The second-order valence-electron chi connectivity index (χ2n) is 4.10. The number of ether oxygens (including phenoxy) is 1. The van der Waals surface area contributed by atoms with Gasteiger partial charge in [0.25, 0.3) is 0 Å². The monoisotopic (exact) mass is 227 g/mol. The van der Waals surface area contributed by atoms with Gasteiger partial charge in [-0.1, -0.05) is 12.1 Å². The van der Waals surface area contributed by atoms with Crippen LogP contribution in [-0.4, -0.2) is 9.97 Å². The van der Waals surface area contributed by atoms with Gasteiger partial charge in [-0.25, -0.2) is 9.97 Å². The summed E-state index contributed by atoms with van der Waals surface area (Å²) in [7, 11) is 0. The highest BCUT2D eigenvalue weighted by Gasteiger charge is 2.18. The van der Waals surface area contributed by atoms with Crippen LogP contribution < -0.4 is 10.5 Å². The number of fused-ring (bicyclic) bond motifs is 1. The van der Waals surface area contributed by atoms with E-state index in [0.717, 1.165) is 30.5 Å². The van der Waals surface area contributed by atoms with Crippen LogP contribution in [0.5, 0.6) is 11.6 Å². The zero-order valence-electron chi connectivity index (χ0n) is 9.39. The van der Waals surface area contributed by atoms with Crippen LogP contribution in [0.25, 0.3) is 0 Å². The van der Waals surface area contributed by atoms with E-state index in [1.807, 2.05) is 24.3 Å². The topological polar surface area (TPSA) is 61.0 Å². The van der Waals surface area contributed by atoms with Crippen molar-refractivity contribution in [1.82, 2.24) is 9.97 Å². The highest BCUT2D eigenvalue weighted by molar-refractivity contribution is 5.53. The van der Waals surface area contributed by atoms with Gasteiger partial charge in [0.05, 0.1) is 11.4 Å². The number of aromatic nitrogens is 2. The summed E-state index contributed by atoms with van der Waals surface area (Å²) >= 11 is 0. The van der Waals surface area contributed by atoms with E-state index in [1.165, 1.54) is 0 Å². The Balaban J connectivity index is 1.97. The molecule has 1 aliphatic carbocycles. The van der Waals surface area contributed by atoms with Crippen LogP contribution in [0, 0.1) is 0 Å².